The predicted octanol–water partition coefficient (Wildman–Crippen LogP) is 3.95. The number of nitrogens with zero attached hydrogens (tertiary/aromatic N) is 1. The van der Waals surface area contributed by atoms with Gasteiger partial charge in [0, 0.05) is 18.0 Å². The molecule has 0 saturated heterocycles. The molecule has 1 saturated carbocycles. The zero-order valence-corrected chi connectivity index (χ0v) is 19.7. The summed E-state index contributed by atoms with van der Waals surface area (Å²) in [5, 5.41) is 5.39. The second-order valence-electron chi connectivity index (χ2n) is 8.53. The van der Waals surface area contributed by atoms with Crippen molar-refractivity contribution in [2.24, 2.45) is 0 Å². The fourth-order valence-electron chi connectivity index (χ4n) is 4.88. The number of aromatic nitrogens is 1. The van der Waals surface area contributed by atoms with Crippen LogP contribution in [0.3, 0.4) is 0 Å². The number of benzene rings is 1. The Morgan fingerprint density at radius 1 is 1.21 bits per heavy atom. The quantitative estimate of drug-likeness (QED) is 0.372. The second-order valence-corrected chi connectivity index (χ2v) is 11.5. The van der Waals surface area contributed by atoms with E-state index in [-0.39, 0.29) is 24.6 Å². The van der Waals surface area contributed by atoms with Gasteiger partial charge >= 0.3 is 0 Å². The van der Waals surface area contributed by atoms with Gasteiger partial charge in [-0.25, -0.2) is 18.1 Å². The highest BCUT2D eigenvalue weighted by Gasteiger charge is 2.48. The van der Waals surface area contributed by atoms with E-state index in [2.05, 4.69) is 21.1 Å². The van der Waals surface area contributed by atoms with E-state index < -0.39 is 16.0 Å². The van der Waals surface area contributed by atoms with Gasteiger partial charge in [-0.05, 0) is 72.6 Å². The molecule has 1 fully saturated rings. The van der Waals surface area contributed by atoms with Gasteiger partial charge in [0.1, 0.15) is 16.6 Å². The molecule has 2 aliphatic rings. The molecule has 1 unspecified atom stereocenters. The van der Waals surface area contributed by atoms with E-state index in [1.807, 2.05) is 18.2 Å². The van der Waals surface area contributed by atoms with E-state index in [1.54, 1.807) is 23.6 Å². The number of hydrogen-bond acceptors (Lipinski definition) is 6. The Morgan fingerprint density at radius 2 is 2.09 bits per heavy atom. The summed E-state index contributed by atoms with van der Waals surface area (Å²) in [6.45, 7) is 1.26. The molecule has 9 heteroatoms. The van der Waals surface area contributed by atoms with Gasteiger partial charge in [-0.3, -0.25) is 0 Å². The van der Waals surface area contributed by atoms with Crippen LogP contribution in [0.25, 0.3) is 0 Å². The molecule has 2 N–H and O–H groups in total. The lowest BCUT2D eigenvalue weighted by atomic mass is 9.59. The van der Waals surface area contributed by atoms with Gasteiger partial charge in [-0.15, -0.1) is 11.3 Å². The molecule has 0 bridgehead atoms. The molecule has 6 nitrogen and oxygen atoms in total. The number of thiophene rings is 1. The molecule has 0 amide bonds. The van der Waals surface area contributed by atoms with E-state index in [9.17, 15) is 12.8 Å². The first-order valence-corrected chi connectivity index (χ1v) is 13.5. The molecule has 1 aliphatic heterocycles. The average Bonchev–Trinajstić information content (AvgIpc) is 3.32. The number of ether oxygens (including phenoxy) is 1. The van der Waals surface area contributed by atoms with Gasteiger partial charge in [0.2, 0.25) is 16.0 Å². The van der Waals surface area contributed by atoms with Crippen LogP contribution in [-0.4, -0.2) is 33.1 Å². The standard InChI is InChI=1S/C24H26FN3O3S2/c25-21-5-1-4-20(28-21)24(10-3-11-24)23-19-16-18(8-7-17(19)9-12-26-23)31-14-13-27-33(29,30)22-6-2-15-32-22/h1-2,4-8,15-16,23,26-27H,3,9-14H2. The summed E-state index contributed by atoms with van der Waals surface area (Å²) in [6.07, 6.45) is 3.91. The van der Waals surface area contributed by atoms with Gasteiger partial charge < -0.3 is 10.1 Å². The average molecular weight is 488 g/mol. The molecular formula is C24H26FN3O3S2. The monoisotopic (exact) mass is 487 g/mol. The molecule has 1 aromatic carbocycles. The lowest BCUT2D eigenvalue weighted by molar-refractivity contribution is 0.157. The van der Waals surface area contributed by atoms with Gasteiger partial charge in [-0.2, -0.15) is 4.39 Å². The van der Waals surface area contributed by atoms with Crippen molar-refractivity contribution in [3.63, 3.8) is 0 Å². The van der Waals surface area contributed by atoms with Crippen LogP contribution in [0.1, 0.15) is 42.1 Å². The van der Waals surface area contributed by atoms with E-state index in [0.717, 1.165) is 43.5 Å². The molecule has 0 radical (unpaired) electrons. The van der Waals surface area contributed by atoms with Gasteiger partial charge in [0.15, 0.2) is 0 Å². The highest BCUT2D eigenvalue weighted by molar-refractivity contribution is 7.91. The van der Waals surface area contributed by atoms with Gasteiger partial charge in [0.05, 0.1) is 5.69 Å². The first-order valence-electron chi connectivity index (χ1n) is 11.1. The zero-order valence-electron chi connectivity index (χ0n) is 18.1. The second kappa shape index (κ2) is 9.13. The summed E-state index contributed by atoms with van der Waals surface area (Å²) < 4.78 is 47.2. The SMILES string of the molecule is O=S(=O)(NCCOc1ccc2c(c1)C(C1(c3cccc(F)n3)CCC1)NCC2)c1cccs1. The smallest absolute Gasteiger partial charge is 0.250 e. The number of fused-ring (bicyclic) bond motifs is 1. The molecule has 5 rings (SSSR count). The largest absolute Gasteiger partial charge is 0.492 e. The summed E-state index contributed by atoms with van der Waals surface area (Å²) in [5.41, 5.74) is 2.98. The summed E-state index contributed by atoms with van der Waals surface area (Å²) in [5.74, 6) is 0.247. The number of hydrogen-bond donors (Lipinski definition) is 2. The summed E-state index contributed by atoms with van der Waals surface area (Å²) in [4.78, 5) is 4.24. The van der Waals surface area contributed by atoms with Crippen molar-refractivity contribution in [2.75, 3.05) is 19.7 Å². The Bertz CT molecular complexity index is 1230. The Balaban J connectivity index is 1.32. The summed E-state index contributed by atoms with van der Waals surface area (Å²) in [7, 11) is -3.50. The Morgan fingerprint density at radius 3 is 2.82 bits per heavy atom. The molecule has 174 valence electrons. The molecule has 1 aliphatic carbocycles. The van der Waals surface area contributed by atoms with Crippen molar-refractivity contribution < 1.29 is 17.5 Å². The molecule has 1 atom stereocenters. The maximum atomic E-state index is 13.9. The molecule has 2 aromatic heterocycles. The minimum atomic E-state index is -3.50. The van der Waals surface area contributed by atoms with Crippen molar-refractivity contribution >= 4 is 21.4 Å². The minimum absolute atomic E-state index is 0.0326. The van der Waals surface area contributed by atoms with E-state index in [1.165, 1.54) is 23.0 Å². The first kappa shape index (κ1) is 22.5. The van der Waals surface area contributed by atoms with E-state index >= 15 is 0 Å². The predicted molar refractivity (Wildman–Crippen MR) is 126 cm³/mol. The van der Waals surface area contributed by atoms with Crippen molar-refractivity contribution in [1.29, 1.82) is 0 Å². The maximum Gasteiger partial charge on any atom is 0.250 e. The van der Waals surface area contributed by atoms with Crippen LogP contribution >= 0.6 is 11.3 Å². The summed E-state index contributed by atoms with van der Waals surface area (Å²) >= 11 is 1.18. The first-order chi connectivity index (χ1) is 16.0. The third-order valence-electron chi connectivity index (χ3n) is 6.62. The molecule has 0 spiro atoms. The van der Waals surface area contributed by atoms with Crippen LogP contribution in [0, 0.1) is 5.95 Å². The Kier molecular flexibility index (Phi) is 6.22. The lowest BCUT2D eigenvalue weighted by Crippen LogP contribution is -2.49. The highest BCUT2D eigenvalue weighted by atomic mass is 32.2. The number of pyridine rings is 1. The Hall–Kier alpha value is -2.33. The number of halogens is 1. The molecule has 3 heterocycles. The van der Waals surface area contributed by atoms with Crippen molar-refractivity contribution in [2.45, 2.75) is 41.3 Å². The van der Waals surface area contributed by atoms with Crippen LogP contribution < -0.4 is 14.8 Å². The number of rotatable bonds is 8. The van der Waals surface area contributed by atoms with Crippen molar-refractivity contribution in [3.8, 4) is 5.75 Å². The number of nitrogens with one attached hydrogen (secondary N) is 2. The van der Waals surface area contributed by atoms with Gasteiger partial charge in [-0.1, -0.05) is 24.6 Å². The van der Waals surface area contributed by atoms with Crippen molar-refractivity contribution in [3.05, 3.63) is 76.7 Å². The zero-order chi connectivity index (χ0) is 22.9. The lowest BCUT2D eigenvalue weighted by Gasteiger charge is -2.49. The van der Waals surface area contributed by atoms with Crippen LogP contribution in [0.5, 0.6) is 5.75 Å². The topological polar surface area (TPSA) is 80.3 Å². The molecule has 3 aromatic rings. The van der Waals surface area contributed by atoms with Gasteiger partial charge in [0.25, 0.3) is 0 Å². The van der Waals surface area contributed by atoms with Crippen LogP contribution in [0.2, 0.25) is 0 Å². The highest BCUT2D eigenvalue weighted by Crippen LogP contribution is 2.53. The van der Waals surface area contributed by atoms with E-state index in [4.69, 9.17) is 4.74 Å². The fourth-order valence-corrected chi connectivity index (χ4v) is 6.93. The van der Waals surface area contributed by atoms with Crippen molar-refractivity contribution in [1.82, 2.24) is 15.0 Å². The maximum absolute atomic E-state index is 13.9. The van der Waals surface area contributed by atoms with Crippen LogP contribution in [-0.2, 0) is 21.9 Å². The third-order valence-corrected chi connectivity index (χ3v) is 9.48. The van der Waals surface area contributed by atoms with Crippen LogP contribution in [0.4, 0.5) is 4.39 Å². The van der Waals surface area contributed by atoms with E-state index in [0.29, 0.717) is 9.96 Å². The normalized spacial score (nSPS) is 19.5. The third kappa shape index (κ3) is 4.42. The minimum Gasteiger partial charge on any atom is -0.492 e. The van der Waals surface area contributed by atoms with Crippen LogP contribution in [0.15, 0.2) is 58.1 Å². The molecule has 33 heavy (non-hydrogen) atoms. The number of sulfonamides is 1. The molecular weight excluding hydrogens is 461 g/mol. The summed E-state index contributed by atoms with van der Waals surface area (Å²) in [6, 6.07) is 14.4. The Labute approximate surface area is 197 Å². The fraction of sp³-hybridized carbons (Fsp3) is 0.375.